The van der Waals surface area contributed by atoms with Crippen LogP contribution in [0.3, 0.4) is 0 Å². The molecule has 0 N–H and O–H groups in total. The number of likely N-dealkylation sites (tertiary alicyclic amines) is 1. The van der Waals surface area contributed by atoms with E-state index < -0.39 is 0 Å². The minimum atomic E-state index is 0.330. The summed E-state index contributed by atoms with van der Waals surface area (Å²) in [4.78, 5) is 16.8. The van der Waals surface area contributed by atoms with Crippen LogP contribution in [0.25, 0.3) is 0 Å². The Morgan fingerprint density at radius 3 is 2.43 bits per heavy atom. The fourth-order valence-electron chi connectivity index (χ4n) is 3.53. The minimum absolute atomic E-state index is 0.330. The van der Waals surface area contributed by atoms with Crippen LogP contribution < -0.4 is 0 Å². The SMILES string of the molecule is O=C(CC1CCN(CCc2ccccc2)CC1)N1CCOCC1. The molecule has 126 valence electrons. The molecule has 1 aromatic carbocycles. The molecule has 0 bridgehead atoms. The summed E-state index contributed by atoms with van der Waals surface area (Å²) in [6.07, 6.45) is 4.17. The second kappa shape index (κ2) is 8.46. The van der Waals surface area contributed by atoms with Crippen LogP contribution in [-0.4, -0.2) is 61.6 Å². The zero-order valence-corrected chi connectivity index (χ0v) is 14.0. The van der Waals surface area contributed by atoms with Gasteiger partial charge < -0.3 is 14.5 Å². The van der Waals surface area contributed by atoms with Crippen molar-refractivity contribution in [1.29, 1.82) is 0 Å². The number of benzene rings is 1. The third-order valence-electron chi connectivity index (χ3n) is 5.09. The van der Waals surface area contributed by atoms with Gasteiger partial charge in [0.25, 0.3) is 0 Å². The van der Waals surface area contributed by atoms with Gasteiger partial charge in [-0.25, -0.2) is 0 Å². The first-order chi connectivity index (χ1) is 11.3. The molecule has 2 aliphatic heterocycles. The zero-order valence-electron chi connectivity index (χ0n) is 14.0. The van der Waals surface area contributed by atoms with Crippen molar-refractivity contribution in [3.63, 3.8) is 0 Å². The summed E-state index contributed by atoms with van der Waals surface area (Å²) in [6, 6.07) is 10.7. The fourth-order valence-corrected chi connectivity index (χ4v) is 3.53. The molecule has 1 amide bonds. The van der Waals surface area contributed by atoms with Crippen LogP contribution >= 0.6 is 0 Å². The number of hydrogen-bond acceptors (Lipinski definition) is 3. The predicted molar refractivity (Wildman–Crippen MR) is 91.3 cm³/mol. The minimum Gasteiger partial charge on any atom is -0.378 e. The van der Waals surface area contributed by atoms with Crippen molar-refractivity contribution in [3.05, 3.63) is 35.9 Å². The Morgan fingerprint density at radius 1 is 1.04 bits per heavy atom. The molecule has 23 heavy (non-hydrogen) atoms. The molecule has 0 radical (unpaired) electrons. The lowest BCUT2D eigenvalue weighted by atomic mass is 9.92. The maximum atomic E-state index is 12.3. The maximum Gasteiger partial charge on any atom is 0.223 e. The molecule has 0 unspecified atom stereocenters. The number of hydrogen-bond donors (Lipinski definition) is 0. The summed E-state index contributed by atoms with van der Waals surface area (Å²) in [7, 11) is 0. The number of carbonyl (C=O) groups is 1. The third kappa shape index (κ3) is 5.05. The first-order valence-corrected chi connectivity index (χ1v) is 8.93. The molecule has 0 saturated carbocycles. The van der Waals surface area contributed by atoms with Crippen molar-refractivity contribution in [1.82, 2.24) is 9.80 Å². The lowest BCUT2D eigenvalue weighted by Gasteiger charge is -2.33. The van der Waals surface area contributed by atoms with Gasteiger partial charge in [-0.15, -0.1) is 0 Å². The quantitative estimate of drug-likeness (QED) is 0.835. The standard InChI is InChI=1S/C19H28N2O2/c22-19(21-12-14-23-15-13-21)16-18-7-10-20(11-8-18)9-6-17-4-2-1-3-5-17/h1-5,18H,6-16H2. The zero-order chi connectivity index (χ0) is 15.9. The molecule has 2 fully saturated rings. The van der Waals surface area contributed by atoms with E-state index >= 15 is 0 Å². The van der Waals surface area contributed by atoms with Crippen molar-refractivity contribution in [3.8, 4) is 0 Å². The lowest BCUT2D eigenvalue weighted by molar-refractivity contribution is -0.136. The molecule has 4 heteroatoms. The predicted octanol–water partition coefficient (Wildman–Crippen LogP) is 2.19. The number of rotatable bonds is 5. The molecule has 2 heterocycles. The molecule has 0 spiro atoms. The summed E-state index contributed by atoms with van der Waals surface area (Å²) in [5, 5.41) is 0. The number of carbonyl (C=O) groups excluding carboxylic acids is 1. The molecular formula is C19H28N2O2. The largest absolute Gasteiger partial charge is 0.378 e. The first-order valence-electron chi connectivity index (χ1n) is 8.93. The van der Waals surface area contributed by atoms with Crippen LogP contribution in [-0.2, 0) is 16.0 Å². The highest BCUT2D eigenvalue weighted by Gasteiger charge is 2.24. The van der Waals surface area contributed by atoms with E-state index in [0.29, 0.717) is 25.0 Å². The van der Waals surface area contributed by atoms with E-state index in [-0.39, 0.29) is 0 Å². The maximum absolute atomic E-state index is 12.3. The Hall–Kier alpha value is -1.39. The summed E-state index contributed by atoms with van der Waals surface area (Å²) >= 11 is 0. The third-order valence-corrected chi connectivity index (χ3v) is 5.09. The molecule has 4 nitrogen and oxygen atoms in total. The van der Waals surface area contributed by atoms with Crippen LogP contribution in [0.5, 0.6) is 0 Å². The summed E-state index contributed by atoms with van der Waals surface area (Å²) in [5.41, 5.74) is 1.41. The monoisotopic (exact) mass is 316 g/mol. The van der Waals surface area contributed by atoms with E-state index in [1.807, 2.05) is 4.90 Å². The Morgan fingerprint density at radius 2 is 1.74 bits per heavy atom. The van der Waals surface area contributed by atoms with Crippen LogP contribution in [0, 0.1) is 5.92 Å². The average molecular weight is 316 g/mol. The van der Waals surface area contributed by atoms with E-state index in [4.69, 9.17) is 4.74 Å². The van der Waals surface area contributed by atoms with Crippen molar-refractivity contribution < 1.29 is 9.53 Å². The average Bonchev–Trinajstić information content (AvgIpc) is 2.63. The number of morpholine rings is 1. The second-order valence-corrected chi connectivity index (χ2v) is 6.72. The Labute approximate surface area is 139 Å². The van der Waals surface area contributed by atoms with E-state index in [1.54, 1.807) is 0 Å². The Kier molecular flexibility index (Phi) is 6.06. The topological polar surface area (TPSA) is 32.8 Å². The highest BCUT2D eigenvalue weighted by Crippen LogP contribution is 2.22. The molecule has 0 aromatic heterocycles. The van der Waals surface area contributed by atoms with E-state index in [9.17, 15) is 4.79 Å². The highest BCUT2D eigenvalue weighted by molar-refractivity contribution is 5.76. The molecule has 2 aliphatic rings. The van der Waals surface area contributed by atoms with Gasteiger partial charge >= 0.3 is 0 Å². The second-order valence-electron chi connectivity index (χ2n) is 6.72. The van der Waals surface area contributed by atoms with Gasteiger partial charge in [-0.05, 0) is 43.8 Å². The number of amides is 1. The van der Waals surface area contributed by atoms with Crippen molar-refractivity contribution in [2.24, 2.45) is 5.92 Å². The molecule has 0 atom stereocenters. The molecule has 2 saturated heterocycles. The number of ether oxygens (including phenoxy) is 1. The van der Waals surface area contributed by atoms with Crippen molar-refractivity contribution in [2.75, 3.05) is 45.9 Å². The van der Waals surface area contributed by atoms with E-state index in [0.717, 1.165) is 58.4 Å². The van der Waals surface area contributed by atoms with E-state index in [2.05, 4.69) is 35.2 Å². The molecule has 0 aliphatic carbocycles. The fraction of sp³-hybridized carbons (Fsp3) is 0.632. The summed E-state index contributed by atoms with van der Waals surface area (Å²) < 4.78 is 5.32. The van der Waals surface area contributed by atoms with E-state index in [1.165, 1.54) is 5.56 Å². The van der Waals surface area contributed by atoms with Crippen molar-refractivity contribution >= 4 is 5.91 Å². The molecular weight excluding hydrogens is 288 g/mol. The Balaban J connectivity index is 1.36. The van der Waals surface area contributed by atoms with Gasteiger partial charge in [-0.1, -0.05) is 30.3 Å². The van der Waals surface area contributed by atoms with Gasteiger partial charge in [0.2, 0.25) is 5.91 Å². The lowest BCUT2D eigenvalue weighted by Crippen LogP contribution is -2.42. The molecule has 3 rings (SSSR count). The highest BCUT2D eigenvalue weighted by atomic mass is 16.5. The van der Waals surface area contributed by atoms with Crippen LogP contribution in [0.2, 0.25) is 0 Å². The number of piperidine rings is 1. The number of nitrogens with zero attached hydrogens (tertiary/aromatic N) is 2. The summed E-state index contributed by atoms with van der Waals surface area (Å²) in [6.45, 7) is 6.34. The van der Waals surface area contributed by atoms with Crippen LogP contribution in [0.1, 0.15) is 24.8 Å². The van der Waals surface area contributed by atoms with Gasteiger partial charge in [0.15, 0.2) is 0 Å². The van der Waals surface area contributed by atoms with Gasteiger partial charge in [-0.2, -0.15) is 0 Å². The first kappa shape index (κ1) is 16.5. The smallest absolute Gasteiger partial charge is 0.223 e. The summed E-state index contributed by atoms with van der Waals surface area (Å²) in [5.74, 6) is 0.898. The van der Waals surface area contributed by atoms with Gasteiger partial charge in [0.05, 0.1) is 13.2 Å². The van der Waals surface area contributed by atoms with Gasteiger partial charge in [0.1, 0.15) is 0 Å². The van der Waals surface area contributed by atoms with Crippen LogP contribution in [0.4, 0.5) is 0 Å². The van der Waals surface area contributed by atoms with Gasteiger partial charge in [-0.3, -0.25) is 4.79 Å². The van der Waals surface area contributed by atoms with Crippen molar-refractivity contribution in [2.45, 2.75) is 25.7 Å². The van der Waals surface area contributed by atoms with Gasteiger partial charge in [0, 0.05) is 26.1 Å². The van der Waals surface area contributed by atoms with Crippen LogP contribution in [0.15, 0.2) is 30.3 Å². The normalized spacial score (nSPS) is 20.6. The molecule has 1 aromatic rings. The Bertz CT molecular complexity index is 477.